The molecule has 0 saturated carbocycles. The van der Waals surface area contributed by atoms with E-state index in [9.17, 15) is 0 Å². The molecule has 1 aliphatic heterocycles. The van der Waals surface area contributed by atoms with Crippen LogP contribution in [0.3, 0.4) is 0 Å². The van der Waals surface area contributed by atoms with E-state index in [1.807, 2.05) is 0 Å². The number of aliphatic imine (C=N–C) groups is 1. The number of guanidine groups is 1. The Morgan fingerprint density at radius 1 is 1.50 bits per heavy atom. The third-order valence-electron chi connectivity index (χ3n) is 2.66. The van der Waals surface area contributed by atoms with Gasteiger partial charge in [-0.15, -0.1) is 0 Å². The summed E-state index contributed by atoms with van der Waals surface area (Å²) in [5.41, 5.74) is 2.65. The SMILES string of the molecule is CN=C(NN)N1CCCN(C)CC1C. The molecule has 0 aromatic carbocycles. The number of hydrogen-bond donors (Lipinski definition) is 2. The van der Waals surface area contributed by atoms with Crippen LogP contribution in [-0.4, -0.2) is 55.5 Å². The molecular weight excluding hydrogens is 178 g/mol. The number of hydrogen-bond acceptors (Lipinski definition) is 3. The molecule has 3 N–H and O–H groups in total. The first-order valence-corrected chi connectivity index (χ1v) is 5.07. The molecule has 14 heavy (non-hydrogen) atoms. The molecule has 0 bridgehead atoms. The largest absolute Gasteiger partial charge is 0.338 e. The smallest absolute Gasteiger partial charge is 0.208 e. The highest BCUT2D eigenvalue weighted by Gasteiger charge is 2.21. The molecule has 5 nitrogen and oxygen atoms in total. The van der Waals surface area contributed by atoms with E-state index in [1.54, 1.807) is 7.05 Å². The lowest BCUT2D eigenvalue weighted by atomic mass is 10.3. The van der Waals surface area contributed by atoms with Gasteiger partial charge in [0.2, 0.25) is 5.96 Å². The molecule has 1 unspecified atom stereocenters. The topological polar surface area (TPSA) is 56.9 Å². The van der Waals surface area contributed by atoms with Crippen LogP contribution in [0.5, 0.6) is 0 Å². The summed E-state index contributed by atoms with van der Waals surface area (Å²) in [5, 5.41) is 0. The molecule has 1 fully saturated rings. The summed E-state index contributed by atoms with van der Waals surface area (Å²) >= 11 is 0. The molecule has 0 aliphatic carbocycles. The second kappa shape index (κ2) is 5.17. The zero-order valence-corrected chi connectivity index (χ0v) is 9.32. The van der Waals surface area contributed by atoms with Crippen molar-refractivity contribution >= 4 is 5.96 Å². The zero-order valence-electron chi connectivity index (χ0n) is 9.32. The molecule has 1 saturated heterocycles. The van der Waals surface area contributed by atoms with Crippen LogP contribution in [0.15, 0.2) is 4.99 Å². The molecule has 5 heteroatoms. The van der Waals surface area contributed by atoms with Gasteiger partial charge < -0.3 is 9.80 Å². The standard InChI is InChI=1S/C9H21N5/c1-8-7-13(3)5-4-6-14(8)9(11-2)12-10/h8H,4-7,10H2,1-3H3,(H,11,12). The van der Waals surface area contributed by atoms with Gasteiger partial charge >= 0.3 is 0 Å². The van der Waals surface area contributed by atoms with Crippen molar-refractivity contribution in [2.24, 2.45) is 10.8 Å². The fourth-order valence-electron chi connectivity index (χ4n) is 1.96. The molecule has 1 aliphatic rings. The predicted octanol–water partition coefficient (Wildman–Crippen LogP) is -0.538. The van der Waals surface area contributed by atoms with E-state index < -0.39 is 0 Å². The lowest BCUT2D eigenvalue weighted by Crippen LogP contribution is -2.50. The third kappa shape index (κ3) is 2.59. The lowest BCUT2D eigenvalue weighted by molar-refractivity contribution is 0.280. The van der Waals surface area contributed by atoms with E-state index in [0.29, 0.717) is 6.04 Å². The van der Waals surface area contributed by atoms with Gasteiger partial charge in [0.1, 0.15) is 0 Å². The van der Waals surface area contributed by atoms with Crippen molar-refractivity contribution in [3.8, 4) is 0 Å². The Morgan fingerprint density at radius 3 is 2.79 bits per heavy atom. The molecule has 0 spiro atoms. The van der Waals surface area contributed by atoms with Crippen LogP contribution >= 0.6 is 0 Å². The number of likely N-dealkylation sites (N-methyl/N-ethyl adjacent to an activating group) is 1. The minimum absolute atomic E-state index is 0.456. The van der Waals surface area contributed by atoms with E-state index in [0.717, 1.165) is 32.0 Å². The van der Waals surface area contributed by atoms with Crippen LogP contribution in [-0.2, 0) is 0 Å². The molecule has 0 aromatic heterocycles. The van der Waals surface area contributed by atoms with Crippen molar-refractivity contribution in [2.45, 2.75) is 19.4 Å². The summed E-state index contributed by atoms with van der Waals surface area (Å²) in [6.45, 7) is 5.41. The summed E-state index contributed by atoms with van der Waals surface area (Å²) in [6.07, 6.45) is 1.15. The van der Waals surface area contributed by atoms with Crippen molar-refractivity contribution in [3.05, 3.63) is 0 Å². The van der Waals surface area contributed by atoms with Crippen LogP contribution < -0.4 is 11.3 Å². The minimum atomic E-state index is 0.456. The van der Waals surface area contributed by atoms with Gasteiger partial charge in [-0.3, -0.25) is 10.4 Å². The molecule has 1 rings (SSSR count). The molecule has 0 aromatic rings. The Kier molecular flexibility index (Phi) is 4.16. The monoisotopic (exact) mass is 199 g/mol. The van der Waals surface area contributed by atoms with Crippen molar-refractivity contribution < 1.29 is 0 Å². The van der Waals surface area contributed by atoms with Crippen LogP contribution in [0.25, 0.3) is 0 Å². The van der Waals surface area contributed by atoms with Crippen LogP contribution in [0.1, 0.15) is 13.3 Å². The van der Waals surface area contributed by atoms with Gasteiger partial charge in [-0.2, -0.15) is 0 Å². The summed E-state index contributed by atoms with van der Waals surface area (Å²) < 4.78 is 0. The van der Waals surface area contributed by atoms with Crippen molar-refractivity contribution in [2.75, 3.05) is 33.7 Å². The Bertz CT molecular complexity index is 203. The van der Waals surface area contributed by atoms with Gasteiger partial charge in [-0.25, -0.2) is 5.84 Å². The average Bonchev–Trinajstić information content (AvgIpc) is 2.31. The van der Waals surface area contributed by atoms with Gasteiger partial charge in [0, 0.05) is 26.2 Å². The van der Waals surface area contributed by atoms with Gasteiger partial charge in [-0.1, -0.05) is 0 Å². The number of rotatable bonds is 0. The number of nitrogens with one attached hydrogen (secondary N) is 1. The second-order valence-electron chi connectivity index (χ2n) is 3.85. The van der Waals surface area contributed by atoms with Gasteiger partial charge in [0.05, 0.1) is 0 Å². The predicted molar refractivity (Wildman–Crippen MR) is 59.0 cm³/mol. The maximum atomic E-state index is 5.43. The maximum Gasteiger partial charge on any atom is 0.208 e. The first kappa shape index (κ1) is 11.3. The molecule has 0 radical (unpaired) electrons. The van der Waals surface area contributed by atoms with E-state index in [1.165, 1.54) is 0 Å². The first-order valence-electron chi connectivity index (χ1n) is 5.07. The van der Waals surface area contributed by atoms with Gasteiger partial charge in [-0.05, 0) is 26.9 Å². The minimum Gasteiger partial charge on any atom is -0.338 e. The highest BCUT2D eigenvalue weighted by Crippen LogP contribution is 2.08. The van der Waals surface area contributed by atoms with Crippen molar-refractivity contribution in [1.29, 1.82) is 0 Å². The van der Waals surface area contributed by atoms with Crippen molar-refractivity contribution in [3.63, 3.8) is 0 Å². The fourth-order valence-corrected chi connectivity index (χ4v) is 1.96. The fraction of sp³-hybridized carbons (Fsp3) is 0.889. The number of nitrogens with zero attached hydrogens (tertiary/aromatic N) is 3. The van der Waals surface area contributed by atoms with Crippen LogP contribution in [0, 0.1) is 0 Å². The van der Waals surface area contributed by atoms with E-state index >= 15 is 0 Å². The summed E-state index contributed by atoms with van der Waals surface area (Å²) in [6, 6.07) is 0.456. The molecule has 1 heterocycles. The average molecular weight is 199 g/mol. The Morgan fingerprint density at radius 2 is 2.21 bits per heavy atom. The van der Waals surface area contributed by atoms with E-state index in [4.69, 9.17) is 5.84 Å². The lowest BCUT2D eigenvalue weighted by Gasteiger charge is -2.30. The first-order chi connectivity index (χ1) is 6.69. The molecular formula is C9H21N5. The Balaban J connectivity index is 2.67. The van der Waals surface area contributed by atoms with E-state index in [2.05, 4.69) is 34.2 Å². The van der Waals surface area contributed by atoms with Gasteiger partial charge in [0.15, 0.2) is 0 Å². The third-order valence-corrected chi connectivity index (χ3v) is 2.66. The number of hydrazine groups is 1. The molecule has 0 amide bonds. The highest BCUT2D eigenvalue weighted by molar-refractivity contribution is 5.79. The summed E-state index contributed by atoms with van der Waals surface area (Å²) in [4.78, 5) is 8.70. The number of nitrogens with two attached hydrogens (primary N) is 1. The normalized spacial score (nSPS) is 26.1. The summed E-state index contributed by atoms with van der Waals surface area (Å²) in [5.74, 6) is 6.21. The molecule has 1 atom stereocenters. The van der Waals surface area contributed by atoms with Crippen LogP contribution in [0.2, 0.25) is 0 Å². The quantitative estimate of drug-likeness (QED) is 0.238. The molecule has 82 valence electrons. The van der Waals surface area contributed by atoms with Gasteiger partial charge in [0.25, 0.3) is 0 Å². The van der Waals surface area contributed by atoms with Crippen molar-refractivity contribution in [1.82, 2.24) is 15.2 Å². The maximum absolute atomic E-state index is 5.43. The Labute approximate surface area is 85.9 Å². The Hall–Kier alpha value is -0.810. The highest BCUT2D eigenvalue weighted by atomic mass is 15.4. The zero-order chi connectivity index (χ0) is 10.6. The summed E-state index contributed by atoms with van der Waals surface area (Å²) in [7, 11) is 3.91. The van der Waals surface area contributed by atoms with Crippen LogP contribution in [0.4, 0.5) is 0 Å². The van der Waals surface area contributed by atoms with E-state index in [-0.39, 0.29) is 0 Å². The second-order valence-corrected chi connectivity index (χ2v) is 3.85.